The highest BCUT2D eigenvalue weighted by molar-refractivity contribution is 5.70. The Kier molecular flexibility index (Phi) is 3.23. The molecule has 0 atom stereocenters. The number of amides is 1. The van der Waals surface area contributed by atoms with Crippen LogP contribution in [0.15, 0.2) is 6.20 Å². The van der Waals surface area contributed by atoms with Crippen LogP contribution in [0.5, 0.6) is 0 Å². The zero-order chi connectivity index (χ0) is 14.2. The van der Waals surface area contributed by atoms with Gasteiger partial charge < -0.3 is 14.5 Å². The fourth-order valence-corrected chi connectivity index (χ4v) is 2.02. The van der Waals surface area contributed by atoms with Gasteiger partial charge in [0.2, 0.25) is 0 Å². The van der Waals surface area contributed by atoms with Crippen LogP contribution >= 0.6 is 0 Å². The molecule has 0 spiro atoms. The number of aryl methyl sites for hydroxylation is 1. The second kappa shape index (κ2) is 4.57. The fourth-order valence-electron chi connectivity index (χ4n) is 2.02. The standard InChI is InChI=1S/C13H18N4O2/c1-13(2,3)19-12(18)17-7-9(8-17)10-6-15-16(5)11(10)14-4/h6,9H,7-8H2,1-3,5H3. The second-order valence-electron chi connectivity index (χ2n) is 5.74. The first-order valence-electron chi connectivity index (χ1n) is 6.19. The average molecular weight is 262 g/mol. The summed E-state index contributed by atoms with van der Waals surface area (Å²) in [5.41, 5.74) is 0.440. The van der Waals surface area contributed by atoms with E-state index in [-0.39, 0.29) is 12.0 Å². The minimum atomic E-state index is -0.474. The van der Waals surface area contributed by atoms with Gasteiger partial charge in [-0.05, 0) is 20.8 Å². The number of hydrogen-bond acceptors (Lipinski definition) is 3. The van der Waals surface area contributed by atoms with Gasteiger partial charge in [0.25, 0.3) is 5.82 Å². The van der Waals surface area contributed by atoms with Crippen molar-refractivity contribution in [3.05, 3.63) is 23.2 Å². The van der Waals surface area contributed by atoms with Gasteiger partial charge in [-0.1, -0.05) is 6.57 Å². The average Bonchev–Trinajstić information content (AvgIpc) is 2.54. The van der Waals surface area contributed by atoms with Crippen LogP contribution in [0.2, 0.25) is 0 Å². The van der Waals surface area contributed by atoms with Crippen LogP contribution in [0, 0.1) is 6.57 Å². The summed E-state index contributed by atoms with van der Waals surface area (Å²) in [5, 5.41) is 4.09. The molecule has 0 saturated carbocycles. The minimum Gasteiger partial charge on any atom is -0.444 e. The molecular formula is C13H18N4O2. The van der Waals surface area contributed by atoms with E-state index < -0.39 is 5.60 Å². The highest BCUT2D eigenvalue weighted by Gasteiger charge is 2.36. The van der Waals surface area contributed by atoms with Crippen LogP contribution in [0.3, 0.4) is 0 Å². The summed E-state index contributed by atoms with van der Waals surface area (Å²) in [6, 6.07) is 0. The first-order valence-corrected chi connectivity index (χ1v) is 6.19. The summed E-state index contributed by atoms with van der Waals surface area (Å²) in [5.74, 6) is 0.735. The Morgan fingerprint density at radius 1 is 1.53 bits per heavy atom. The van der Waals surface area contributed by atoms with Gasteiger partial charge >= 0.3 is 6.09 Å². The molecule has 0 bridgehead atoms. The number of ether oxygens (including phenoxy) is 1. The SMILES string of the molecule is [C-]#[N+]c1c(C2CN(C(=O)OC(C)(C)C)C2)cnn1C. The molecule has 1 aromatic heterocycles. The van der Waals surface area contributed by atoms with Crippen molar-refractivity contribution in [2.75, 3.05) is 13.1 Å². The number of rotatable bonds is 1. The van der Waals surface area contributed by atoms with E-state index >= 15 is 0 Å². The maximum atomic E-state index is 11.8. The zero-order valence-electron chi connectivity index (χ0n) is 11.7. The lowest BCUT2D eigenvalue weighted by atomic mass is 9.94. The molecule has 6 nitrogen and oxygen atoms in total. The number of carbonyl (C=O) groups excluding carboxylic acids is 1. The number of nitrogens with zero attached hydrogens (tertiary/aromatic N) is 4. The molecule has 19 heavy (non-hydrogen) atoms. The van der Waals surface area contributed by atoms with E-state index in [1.165, 1.54) is 0 Å². The number of aromatic nitrogens is 2. The Labute approximate surface area is 112 Å². The van der Waals surface area contributed by atoms with Gasteiger partial charge in [-0.25, -0.2) is 9.48 Å². The van der Waals surface area contributed by atoms with Crippen molar-refractivity contribution < 1.29 is 9.53 Å². The smallest absolute Gasteiger partial charge is 0.410 e. The number of hydrogen-bond donors (Lipinski definition) is 0. The Balaban J connectivity index is 1.97. The molecule has 0 N–H and O–H groups in total. The molecule has 2 heterocycles. The Hall–Kier alpha value is -2.03. The summed E-state index contributed by atoms with van der Waals surface area (Å²) < 4.78 is 6.86. The van der Waals surface area contributed by atoms with Crippen molar-refractivity contribution in [1.82, 2.24) is 14.7 Å². The Morgan fingerprint density at radius 3 is 2.68 bits per heavy atom. The van der Waals surface area contributed by atoms with E-state index in [0.717, 1.165) is 5.56 Å². The highest BCUT2D eigenvalue weighted by Crippen LogP contribution is 2.33. The van der Waals surface area contributed by atoms with Crippen LogP contribution < -0.4 is 0 Å². The molecular weight excluding hydrogens is 244 g/mol. The third-order valence-electron chi connectivity index (χ3n) is 3.01. The van der Waals surface area contributed by atoms with Gasteiger partial charge in [0, 0.05) is 24.6 Å². The highest BCUT2D eigenvalue weighted by atomic mass is 16.6. The third kappa shape index (κ3) is 2.70. The molecule has 6 heteroatoms. The predicted octanol–water partition coefficient (Wildman–Crippen LogP) is 2.31. The topological polar surface area (TPSA) is 51.7 Å². The maximum absolute atomic E-state index is 11.8. The molecule has 1 aliphatic rings. The molecule has 0 radical (unpaired) electrons. The van der Waals surface area contributed by atoms with Crippen molar-refractivity contribution in [1.29, 1.82) is 0 Å². The third-order valence-corrected chi connectivity index (χ3v) is 3.01. The van der Waals surface area contributed by atoms with Crippen molar-refractivity contribution in [2.45, 2.75) is 32.3 Å². The molecule has 1 saturated heterocycles. The quantitative estimate of drug-likeness (QED) is 0.730. The van der Waals surface area contributed by atoms with Gasteiger partial charge in [-0.2, -0.15) is 0 Å². The largest absolute Gasteiger partial charge is 0.444 e. The lowest BCUT2D eigenvalue weighted by Gasteiger charge is -2.39. The lowest BCUT2D eigenvalue weighted by Crippen LogP contribution is -2.50. The van der Waals surface area contributed by atoms with Crippen LogP contribution in [0.25, 0.3) is 4.85 Å². The Bertz CT molecular complexity index is 530. The Morgan fingerprint density at radius 2 is 2.16 bits per heavy atom. The predicted molar refractivity (Wildman–Crippen MR) is 70.0 cm³/mol. The zero-order valence-corrected chi connectivity index (χ0v) is 11.7. The molecule has 0 aromatic carbocycles. The van der Waals surface area contributed by atoms with Crippen LogP contribution in [-0.4, -0.2) is 39.5 Å². The fraction of sp³-hybridized carbons (Fsp3) is 0.615. The lowest BCUT2D eigenvalue weighted by molar-refractivity contribution is 0.00825. The molecule has 0 aliphatic carbocycles. The van der Waals surface area contributed by atoms with Crippen LogP contribution in [0.4, 0.5) is 10.6 Å². The van der Waals surface area contributed by atoms with Gasteiger partial charge in [-0.15, -0.1) is 5.10 Å². The molecule has 0 unspecified atom stereocenters. The summed E-state index contributed by atoms with van der Waals surface area (Å²) in [7, 11) is 1.75. The van der Waals surface area contributed by atoms with E-state index in [9.17, 15) is 4.79 Å². The van der Waals surface area contributed by atoms with E-state index in [0.29, 0.717) is 18.9 Å². The molecule has 102 valence electrons. The summed E-state index contributed by atoms with van der Waals surface area (Å²) in [4.78, 5) is 16.9. The van der Waals surface area contributed by atoms with E-state index in [2.05, 4.69) is 9.94 Å². The van der Waals surface area contributed by atoms with Gasteiger partial charge in [0.1, 0.15) is 5.60 Å². The van der Waals surface area contributed by atoms with E-state index in [1.54, 1.807) is 22.8 Å². The van der Waals surface area contributed by atoms with Gasteiger partial charge in [0.15, 0.2) is 0 Å². The van der Waals surface area contributed by atoms with Crippen molar-refractivity contribution in [3.8, 4) is 0 Å². The first kappa shape index (κ1) is 13.4. The molecule has 1 aromatic rings. The number of likely N-dealkylation sites (tertiary alicyclic amines) is 1. The van der Waals surface area contributed by atoms with E-state index in [1.807, 2.05) is 20.8 Å². The monoisotopic (exact) mass is 262 g/mol. The number of carbonyl (C=O) groups is 1. The second-order valence-corrected chi connectivity index (χ2v) is 5.74. The van der Waals surface area contributed by atoms with Gasteiger partial charge in [0.05, 0.1) is 13.2 Å². The van der Waals surface area contributed by atoms with Crippen LogP contribution in [0.1, 0.15) is 32.3 Å². The molecule has 1 amide bonds. The molecule has 2 rings (SSSR count). The van der Waals surface area contributed by atoms with Crippen LogP contribution in [-0.2, 0) is 11.8 Å². The van der Waals surface area contributed by atoms with Gasteiger partial charge in [-0.3, -0.25) is 0 Å². The first-order chi connectivity index (χ1) is 8.81. The summed E-state index contributed by atoms with van der Waals surface area (Å²) in [6.07, 6.45) is 1.42. The normalized spacial score (nSPS) is 15.8. The summed E-state index contributed by atoms with van der Waals surface area (Å²) in [6.45, 7) is 13.9. The van der Waals surface area contributed by atoms with Crippen molar-refractivity contribution in [2.24, 2.45) is 7.05 Å². The maximum Gasteiger partial charge on any atom is 0.410 e. The minimum absolute atomic E-state index is 0.185. The van der Waals surface area contributed by atoms with Crippen molar-refractivity contribution >= 4 is 11.9 Å². The molecule has 1 fully saturated rings. The molecule has 1 aliphatic heterocycles. The van der Waals surface area contributed by atoms with Crippen molar-refractivity contribution in [3.63, 3.8) is 0 Å². The summed E-state index contributed by atoms with van der Waals surface area (Å²) >= 11 is 0. The van der Waals surface area contributed by atoms with E-state index in [4.69, 9.17) is 11.3 Å².